The summed E-state index contributed by atoms with van der Waals surface area (Å²) in [4.78, 5) is 0.207. The predicted molar refractivity (Wildman–Crippen MR) is 82.8 cm³/mol. The number of phenols is 1. The Bertz CT molecular complexity index is 729. The Kier molecular flexibility index (Phi) is 4.50. The molecular formula is C15H18N2O3S. The number of hydrogen-bond donors (Lipinski definition) is 3. The van der Waals surface area contributed by atoms with E-state index in [4.69, 9.17) is 0 Å². The van der Waals surface area contributed by atoms with E-state index in [0.717, 1.165) is 5.56 Å². The Morgan fingerprint density at radius 1 is 1.10 bits per heavy atom. The summed E-state index contributed by atoms with van der Waals surface area (Å²) < 4.78 is 25.9. The summed E-state index contributed by atoms with van der Waals surface area (Å²) in [7, 11) is -2.08. The summed E-state index contributed by atoms with van der Waals surface area (Å²) in [5, 5.41) is 12.7. The molecule has 5 nitrogen and oxygen atoms in total. The van der Waals surface area contributed by atoms with E-state index in [1.54, 1.807) is 36.4 Å². The normalized spacial score (nSPS) is 12.9. The Hall–Kier alpha value is -2.05. The molecule has 0 saturated heterocycles. The zero-order valence-corrected chi connectivity index (χ0v) is 12.7. The van der Waals surface area contributed by atoms with Gasteiger partial charge in [-0.15, -0.1) is 0 Å². The molecule has 0 radical (unpaired) electrons. The maximum atomic E-state index is 11.8. The first-order chi connectivity index (χ1) is 9.92. The van der Waals surface area contributed by atoms with Gasteiger partial charge in [0.2, 0.25) is 10.0 Å². The van der Waals surface area contributed by atoms with Crippen molar-refractivity contribution in [2.24, 2.45) is 0 Å². The average molecular weight is 306 g/mol. The Labute approximate surface area is 124 Å². The number of nitrogens with one attached hydrogen (secondary N) is 2. The fourth-order valence-corrected chi connectivity index (χ4v) is 2.77. The molecule has 3 N–H and O–H groups in total. The van der Waals surface area contributed by atoms with Gasteiger partial charge >= 0.3 is 0 Å². The first-order valence-electron chi connectivity index (χ1n) is 6.51. The monoisotopic (exact) mass is 306 g/mol. The molecule has 0 aliphatic rings. The number of sulfonamides is 1. The van der Waals surface area contributed by atoms with E-state index in [9.17, 15) is 13.5 Å². The van der Waals surface area contributed by atoms with Crippen LogP contribution in [0.4, 0.5) is 5.69 Å². The fraction of sp³-hybridized carbons (Fsp3) is 0.200. The highest BCUT2D eigenvalue weighted by molar-refractivity contribution is 7.89. The van der Waals surface area contributed by atoms with Crippen LogP contribution >= 0.6 is 0 Å². The molecule has 0 bridgehead atoms. The van der Waals surface area contributed by atoms with Crippen molar-refractivity contribution in [3.05, 3.63) is 54.1 Å². The summed E-state index contributed by atoms with van der Waals surface area (Å²) in [6.45, 7) is 1.94. The number of rotatable bonds is 5. The third kappa shape index (κ3) is 3.74. The van der Waals surface area contributed by atoms with Gasteiger partial charge in [0.25, 0.3) is 0 Å². The molecule has 0 spiro atoms. The van der Waals surface area contributed by atoms with E-state index < -0.39 is 10.0 Å². The second-order valence-electron chi connectivity index (χ2n) is 4.70. The molecule has 0 aromatic heterocycles. The molecule has 1 unspecified atom stereocenters. The molecule has 2 rings (SSSR count). The zero-order valence-electron chi connectivity index (χ0n) is 11.9. The number of anilines is 1. The number of aromatic hydroxyl groups is 1. The van der Waals surface area contributed by atoms with Crippen molar-refractivity contribution >= 4 is 15.7 Å². The quantitative estimate of drug-likeness (QED) is 0.793. The van der Waals surface area contributed by atoms with Gasteiger partial charge < -0.3 is 10.4 Å². The van der Waals surface area contributed by atoms with E-state index >= 15 is 0 Å². The lowest BCUT2D eigenvalue weighted by Gasteiger charge is -2.16. The van der Waals surface area contributed by atoms with Gasteiger partial charge in [-0.05, 0) is 49.9 Å². The first kappa shape index (κ1) is 15.3. The van der Waals surface area contributed by atoms with E-state index in [1.807, 2.05) is 13.0 Å². The second kappa shape index (κ2) is 6.15. The highest BCUT2D eigenvalue weighted by atomic mass is 32.2. The van der Waals surface area contributed by atoms with Crippen molar-refractivity contribution in [3.63, 3.8) is 0 Å². The van der Waals surface area contributed by atoms with Crippen molar-refractivity contribution in [1.29, 1.82) is 0 Å². The number of benzene rings is 2. The van der Waals surface area contributed by atoms with Gasteiger partial charge in [-0.2, -0.15) is 0 Å². The lowest BCUT2D eigenvalue weighted by molar-refractivity contribution is 0.474. The van der Waals surface area contributed by atoms with Crippen LogP contribution in [-0.2, 0) is 10.0 Å². The Balaban J connectivity index is 2.22. The molecule has 0 fully saturated rings. The van der Waals surface area contributed by atoms with Crippen molar-refractivity contribution in [2.45, 2.75) is 17.9 Å². The van der Waals surface area contributed by atoms with Gasteiger partial charge in [-0.25, -0.2) is 13.1 Å². The molecule has 0 amide bonds. The third-order valence-electron chi connectivity index (χ3n) is 3.17. The van der Waals surface area contributed by atoms with E-state index in [-0.39, 0.29) is 16.7 Å². The highest BCUT2D eigenvalue weighted by Crippen LogP contribution is 2.23. The van der Waals surface area contributed by atoms with Crippen LogP contribution in [0.15, 0.2) is 53.4 Å². The number of phenolic OH excluding ortho intramolecular Hbond substituents is 1. The maximum Gasteiger partial charge on any atom is 0.240 e. The van der Waals surface area contributed by atoms with Gasteiger partial charge in [0.1, 0.15) is 5.75 Å². The second-order valence-corrected chi connectivity index (χ2v) is 6.58. The SMILES string of the molecule is CNS(=O)(=O)c1cccc(NC(C)c2cccc(O)c2)c1. The lowest BCUT2D eigenvalue weighted by atomic mass is 10.1. The molecule has 2 aromatic carbocycles. The van der Waals surface area contributed by atoms with Crippen molar-refractivity contribution < 1.29 is 13.5 Å². The predicted octanol–water partition coefficient (Wildman–Crippen LogP) is 2.47. The summed E-state index contributed by atoms with van der Waals surface area (Å²) in [6.07, 6.45) is 0. The van der Waals surface area contributed by atoms with Gasteiger partial charge in [0.05, 0.1) is 4.90 Å². The van der Waals surface area contributed by atoms with Crippen molar-refractivity contribution in [3.8, 4) is 5.75 Å². The molecule has 0 aliphatic heterocycles. The molecule has 0 heterocycles. The summed E-state index contributed by atoms with van der Waals surface area (Å²) >= 11 is 0. The van der Waals surface area contributed by atoms with Crippen LogP contribution in [0.5, 0.6) is 5.75 Å². The Morgan fingerprint density at radius 2 is 1.81 bits per heavy atom. The zero-order chi connectivity index (χ0) is 15.5. The minimum absolute atomic E-state index is 0.0651. The molecule has 6 heteroatoms. The van der Waals surface area contributed by atoms with Crippen LogP contribution in [0.2, 0.25) is 0 Å². The lowest BCUT2D eigenvalue weighted by Crippen LogP contribution is -2.18. The van der Waals surface area contributed by atoms with Crippen LogP contribution < -0.4 is 10.0 Å². The van der Waals surface area contributed by atoms with E-state index in [1.165, 1.54) is 13.1 Å². The molecule has 112 valence electrons. The van der Waals surface area contributed by atoms with Gasteiger partial charge in [-0.1, -0.05) is 18.2 Å². The van der Waals surface area contributed by atoms with Crippen LogP contribution in [0.3, 0.4) is 0 Å². The molecule has 0 aliphatic carbocycles. The largest absolute Gasteiger partial charge is 0.508 e. The summed E-state index contributed by atoms with van der Waals surface area (Å²) in [5.74, 6) is 0.202. The molecule has 1 atom stereocenters. The van der Waals surface area contributed by atoms with Gasteiger partial charge in [-0.3, -0.25) is 0 Å². The van der Waals surface area contributed by atoms with E-state index in [0.29, 0.717) is 5.69 Å². The fourth-order valence-electron chi connectivity index (χ4n) is 2.00. The van der Waals surface area contributed by atoms with E-state index in [2.05, 4.69) is 10.0 Å². The topological polar surface area (TPSA) is 78.4 Å². The smallest absolute Gasteiger partial charge is 0.240 e. The van der Waals surface area contributed by atoms with Crippen LogP contribution in [0.1, 0.15) is 18.5 Å². The minimum Gasteiger partial charge on any atom is -0.508 e. The van der Waals surface area contributed by atoms with Crippen molar-refractivity contribution in [2.75, 3.05) is 12.4 Å². The molecule has 0 saturated carbocycles. The minimum atomic E-state index is -3.46. The summed E-state index contributed by atoms with van der Waals surface area (Å²) in [5.41, 5.74) is 1.61. The third-order valence-corrected chi connectivity index (χ3v) is 4.58. The van der Waals surface area contributed by atoms with Gasteiger partial charge in [0, 0.05) is 11.7 Å². The first-order valence-corrected chi connectivity index (χ1v) is 8.00. The van der Waals surface area contributed by atoms with Crippen LogP contribution in [0.25, 0.3) is 0 Å². The molecule has 21 heavy (non-hydrogen) atoms. The maximum absolute atomic E-state index is 11.8. The van der Waals surface area contributed by atoms with Crippen LogP contribution in [-0.4, -0.2) is 20.6 Å². The van der Waals surface area contributed by atoms with Crippen LogP contribution in [0, 0.1) is 0 Å². The number of hydrogen-bond acceptors (Lipinski definition) is 4. The molecular weight excluding hydrogens is 288 g/mol. The highest BCUT2D eigenvalue weighted by Gasteiger charge is 2.12. The van der Waals surface area contributed by atoms with Crippen molar-refractivity contribution in [1.82, 2.24) is 4.72 Å². The summed E-state index contributed by atoms with van der Waals surface area (Å²) in [6, 6.07) is 13.5. The average Bonchev–Trinajstić information content (AvgIpc) is 2.47. The molecule has 2 aromatic rings. The van der Waals surface area contributed by atoms with Gasteiger partial charge in [0.15, 0.2) is 0 Å². The Morgan fingerprint density at radius 3 is 2.48 bits per heavy atom. The standard InChI is InChI=1S/C15H18N2O3S/c1-11(12-5-3-7-14(18)9-12)17-13-6-4-8-15(10-13)21(19,20)16-2/h3-11,16-18H,1-2H3.